The maximum absolute atomic E-state index is 12.4. The lowest BCUT2D eigenvalue weighted by Gasteiger charge is -2.16. The van der Waals surface area contributed by atoms with Crippen LogP contribution in [0.3, 0.4) is 0 Å². The predicted molar refractivity (Wildman–Crippen MR) is 65.0 cm³/mol. The second-order valence-electron chi connectivity index (χ2n) is 3.92. The summed E-state index contributed by atoms with van der Waals surface area (Å²) in [7, 11) is 0. The van der Waals surface area contributed by atoms with Gasteiger partial charge in [-0.1, -0.05) is 46.3 Å². The highest BCUT2D eigenvalue weighted by Gasteiger charge is 2.30. The van der Waals surface area contributed by atoms with Gasteiger partial charge in [-0.15, -0.1) is 0 Å². The molecule has 0 aromatic heterocycles. The number of rotatable bonds is 1. The standard InChI is InChI=1S/C13H10BrF3/c14-12-3-1-2-10(8-12)9-4-6-11(7-5-9)13(15,16)17/h1,3-8,10H,2H2. The molecule has 0 nitrogen and oxygen atoms in total. The Morgan fingerprint density at radius 2 is 1.76 bits per heavy atom. The largest absolute Gasteiger partial charge is 0.416 e. The van der Waals surface area contributed by atoms with E-state index in [4.69, 9.17) is 0 Å². The van der Waals surface area contributed by atoms with Gasteiger partial charge in [0.15, 0.2) is 0 Å². The number of alkyl halides is 3. The molecule has 0 radical (unpaired) electrons. The molecule has 0 fully saturated rings. The average molecular weight is 303 g/mol. The lowest BCUT2D eigenvalue weighted by molar-refractivity contribution is -0.137. The van der Waals surface area contributed by atoms with Gasteiger partial charge in [0.05, 0.1) is 5.56 Å². The second-order valence-corrected chi connectivity index (χ2v) is 4.83. The molecule has 1 aromatic rings. The third kappa shape index (κ3) is 3.00. The van der Waals surface area contributed by atoms with Crippen molar-refractivity contribution < 1.29 is 13.2 Å². The highest BCUT2D eigenvalue weighted by molar-refractivity contribution is 9.11. The predicted octanol–water partition coefficient (Wildman–Crippen LogP) is 5.03. The van der Waals surface area contributed by atoms with Crippen molar-refractivity contribution >= 4 is 15.9 Å². The van der Waals surface area contributed by atoms with Gasteiger partial charge in [0.2, 0.25) is 0 Å². The van der Waals surface area contributed by atoms with E-state index in [1.165, 1.54) is 0 Å². The van der Waals surface area contributed by atoms with Gasteiger partial charge in [0.25, 0.3) is 0 Å². The van der Waals surface area contributed by atoms with Gasteiger partial charge in [0, 0.05) is 10.4 Å². The van der Waals surface area contributed by atoms with Crippen molar-refractivity contribution in [2.24, 2.45) is 0 Å². The summed E-state index contributed by atoms with van der Waals surface area (Å²) >= 11 is 3.37. The van der Waals surface area contributed by atoms with Crippen LogP contribution in [0.2, 0.25) is 0 Å². The van der Waals surface area contributed by atoms with Crippen LogP contribution in [0.1, 0.15) is 23.5 Å². The molecule has 4 heteroatoms. The zero-order valence-corrected chi connectivity index (χ0v) is 10.4. The van der Waals surface area contributed by atoms with Crippen molar-refractivity contribution in [2.45, 2.75) is 18.5 Å². The molecule has 0 saturated heterocycles. The van der Waals surface area contributed by atoms with Crippen LogP contribution in [0.25, 0.3) is 0 Å². The van der Waals surface area contributed by atoms with E-state index >= 15 is 0 Å². The van der Waals surface area contributed by atoms with Gasteiger partial charge in [-0.25, -0.2) is 0 Å². The molecule has 2 rings (SSSR count). The maximum Gasteiger partial charge on any atom is 0.416 e. The van der Waals surface area contributed by atoms with Crippen molar-refractivity contribution in [1.29, 1.82) is 0 Å². The molecule has 1 unspecified atom stereocenters. The Morgan fingerprint density at radius 1 is 1.12 bits per heavy atom. The van der Waals surface area contributed by atoms with Crippen molar-refractivity contribution in [3.05, 3.63) is 58.1 Å². The number of allylic oxidation sites excluding steroid dienone is 4. The molecule has 0 amide bonds. The monoisotopic (exact) mass is 302 g/mol. The minimum atomic E-state index is -4.26. The Morgan fingerprint density at radius 3 is 2.29 bits per heavy atom. The highest BCUT2D eigenvalue weighted by atomic mass is 79.9. The summed E-state index contributed by atoms with van der Waals surface area (Å²) in [6, 6.07) is 5.36. The Balaban J connectivity index is 2.22. The van der Waals surface area contributed by atoms with Gasteiger partial charge in [-0.2, -0.15) is 13.2 Å². The molecular weight excluding hydrogens is 293 g/mol. The smallest absolute Gasteiger partial charge is 0.166 e. The van der Waals surface area contributed by atoms with Crippen LogP contribution < -0.4 is 0 Å². The first-order valence-corrected chi connectivity index (χ1v) is 5.97. The number of hydrogen-bond acceptors (Lipinski definition) is 0. The fourth-order valence-corrected chi connectivity index (χ4v) is 2.30. The lowest BCUT2D eigenvalue weighted by atomic mass is 9.92. The Kier molecular flexibility index (Phi) is 3.43. The van der Waals surface area contributed by atoms with Gasteiger partial charge < -0.3 is 0 Å². The SMILES string of the molecule is FC(F)(F)c1ccc(C2C=C(Br)C=CC2)cc1. The van der Waals surface area contributed by atoms with E-state index in [1.54, 1.807) is 12.1 Å². The van der Waals surface area contributed by atoms with Gasteiger partial charge in [0.1, 0.15) is 0 Å². The second kappa shape index (κ2) is 4.69. The first kappa shape index (κ1) is 12.4. The third-order valence-corrected chi connectivity index (χ3v) is 3.22. The van der Waals surface area contributed by atoms with Crippen LogP contribution in [0.15, 0.2) is 47.0 Å². The zero-order valence-electron chi connectivity index (χ0n) is 8.84. The zero-order chi connectivity index (χ0) is 12.5. The van der Waals surface area contributed by atoms with Crippen molar-refractivity contribution in [3.63, 3.8) is 0 Å². The van der Waals surface area contributed by atoms with E-state index in [0.717, 1.165) is 28.6 Å². The molecule has 0 aliphatic heterocycles. The maximum atomic E-state index is 12.4. The molecule has 0 bridgehead atoms. The van der Waals surface area contributed by atoms with Crippen LogP contribution in [-0.4, -0.2) is 0 Å². The molecular formula is C13H10BrF3. The van der Waals surface area contributed by atoms with Crippen molar-refractivity contribution in [1.82, 2.24) is 0 Å². The first-order valence-electron chi connectivity index (χ1n) is 5.18. The van der Waals surface area contributed by atoms with E-state index in [0.29, 0.717) is 0 Å². The quantitative estimate of drug-likeness (QED) is 0.683. The Bertz CT molecular complexity index is 455. The van der Waals surface area contributed by atoms with E-state index in [9.17, 15) is 13.2 Å². The normalized spacial score (nSPS) is 20.2. The molecule has 17 heavy (non-hydrogen) atoms. The van der Waals surface area contributed by atoms with E-state index in [1.807, 2.05) is 18.2 Å². The number of hydrogen-bond donors (Lipinski definition) is 0. The lowest BCUT2D eigenvalue weighted by Crippen LogP contribution is -2.05. The van der Waals surface area contributed by atoms with Crippen molar-refractivity contribution in [2.75, 3.05) is 0 Å². The summed E-state index contributed by atoms with van der Waals surface area (Å²) in [6.45, 7) is 0. The van der Waals surface area contributed by atoms with Gasteiger partial charge >= 0.3 is 6.18 Å². The highest BCUT2D eigenvalue weighted by Crippen LogP contribution is 2.33. The Hall–Kier alpha value is -1.03. The van der Waals surface area contributed by atoms with Gasteiger partial charge in [-0.05, 0) is 24.1 Å². The van der Waals surface area contributed by atoms with E-state index < -0.39 is 11.7 Å². The van der Waals surface area contributed by atoms with Crippen LogP contribution >= 0.6 is 15.9 Å². The fraction of sp³-hybridized carbons (Fsp3) is 0.231. The molecule has 0 spiro atoms. The minimum Gasteiger partial charge on any atom is -0.166 e. The number of halogens is 4. The van der Waals surface area contributed by atoms with E-state index in [-0.39, 0.29) is 5.92 Å². The van der Waals surface area contributed by atoms with E-state index in [2.05, 4.69) is 15.9 Å². The third-order valence-electron chi connectivity index (χ3n) is 2.69. The molecule has 1 aliphatic rings. The molecule has 1 atom stereocenters. The topological polar surface area (TPSA) is 0 Å². The van der Waals surface area contributed by atoms with Crippen molar-refractivity contribution in [3.8, 4) is 0 Å². The summed E-state index contributed by atoms with van der Waals surface area (Å²) in [6.07, 6.45) is 2.51. The molecule has 0 saturated carbocycles. The average Bonchev–Trinajstić information content (AvgIpc) is 2.28. The summed E-state index contributed by atoms with van der Waals surface area (Å²) in [4.78, 5) is 0. The fourth-order valence-electron chi connectivity index (χ4n) is 1.79. The summed E-state index contributed by atoms with van der Waals surface area (Å²) < 4.78 is 38.1. The van der Waals surface area contributed by atoms with Crippen LogP contribution in [-0.2, 0) is 6.18 Å². The van der Waals surface area contributed by atoms with Crippen LogP contribution in [0, 0.1) is 0 Å². The molecule has 1 aliphatic carbocycles. The number of benzene rings is 1. The summed E-state index contributed by atoms with van der Waals surface area (Å²) in [5.41, 5.74) is 0.301. The molecule has 0 N–H and O–H groups in total. The molecule has 0 heterocycles. The van der Waals surface area contributed by atoms with Crippen LogP contribution in [0.4, 0.5) is 13.2 Å². The van der Waals surface area contributed by atoms with Gasteiger partial charge in [-0.3, -0.25) is 0 Å². The minimum absolute atomic E-state index is 0.150. The van der Waals surface area contributed by atoms with Crippen LogP contribution in [0.5, 0.6) is 0 Å². The first-order chi connectivity index (χ1) is 7.97. The summed E-state index contributed by atoms with van der Waals surface area (Å²) in [5, 5.41) is 0. The Labute approximate surface area is 106 Å². The molecule has 1 aromatic carbocycles. The molecule has 90 valence electrons. The summed E-state index contributed by atoms with van der Waals surface area (Å²) in [5.74, 6) is 0.150.